The van der Waals surface area contributed by atoms with Crippen LogP contribution in [0.15, 0.2) is 64.0 Å². The fourth-order valence-corrected chi connectivity index (χ4v) is 5.03. The lowest BCUT2D eigenvalue weighted by Crippen LogP contribution is -2.35. The second-order valence-electron chi connectivity index (χ2n) is 9.87. The molecule has 0 aliphatic heterocycles. The van der Waals surface area contributed by atoms with Crippen LogP contribution in [0.1, 0.15) is 38.6 Å². The number of fused-ring (bicyclic) bond motifs is 1. The minimum Gasteiger partial charge on any atom is -0.507 e. The Bertz CT molecular complexity index is 1780. The van der Waals surface area contributed by atoms with Gasteiger partial charge in [-0.1, -0.05) is 11.2 Å². The van der Waals surface area contributed by atoms with Crippen LogP contribution in [0.25, 0.3) is 22.0 Å². The molecular weight excluding hydrogens is 508 g/mol. The molecule has 2 aromatic carbocycles. The van der Waals surface area contributed by atoms with Crippen LogP contribution >= 0.6 is 0 Å². The van der Waals surface area contributed by atoms with Gasteiger partial charge in [-0.15, -0.1) is 0 Å². The molecular formula is C31H30N4O5. The number of benzene rings is 2. The van der Waals surface area contributed by atoms with Crippen LogP contribution in [0, 0.1) is 27.7 Å². The summed E-state index contributed by atoms with van der Waals surface area (Å²) in [5.41, 5.74) is 4.89. The van der Waals surface area contributed by atoms with Gasteiger partial charge in [0.05, 0.1) is 36.1 Å². The number of phenols is 1. The number of aryl methyl sites for hydroxylation is 4. The maximum atomic E-state index is 14.0. The first-order chi connectivity index (χ1) is 19.1. The number of carbonyl (C=O) groups excluding carboxylic acids is 1. The third-order valence-corrected chi connectivity index (χ3v) is 7.16. The van der Waals surface area contributed by atoms with Gasteiger partial charge in [-0.2, -0.15) is 0 Å². The first-order valence-corrected chi connectivity index (χ1v) is 12.8. The lowest BCUT2D eigenvalue weighted by atomic mass is 9.99. The van der Waals surface area contributed by atoms with Gasteiger partial charge in [0.15, 0.2) is 0 Å². The highest BCUT2D eigenvalue weighted by atomic mass is 16.5. The summed E-state index contributed by atoms with van der Waals surface area (Å²) >= 11 is 0. The van der Waals surface area contributed by atoms with Gasteiger partial charge in [0.1, 0.15) is 22.8 Å². The Balaban J connectivity index is 1.75. The maximum absolute atomic E-state index is 14.0. The van der Waals surface area contributed by atoms with Crippen LogP contribution < -0.4 is 15.2 Å². The van der Waals surface area contributed by atoms with E-state index < -0.39 is 11.5 Å². The third kappa shape index (κ3) is 4.59. The number of hydrogen-bond donors (Lipinski definition) is 1. The monoisotopic (exact) mass is 538 g/mol. The number of methoxy groups -OCH3 is 1. The Labute approximate surface area is 231 Å². The molecule has 0 saturated carbocycles. The molecule has 3 aromatic heterocycles. The van der Waals surface area contributed by atoms with Crippen LogP contribution in [0.2, 0.25) is 0 Å². The summed E-state index contributed by atoms with van der Waals surface area (Å²) in [6.45, 7) is 7.37. The number of aromatic nitrogens is 3. The molecule has 0 aliphatic carbocycles. The molecule has 0 unspecified atom stereocenters. The highest BCUT2D eigenvalue weighted by Gasteiger charge is 2.24. The first kappa shape index (κ1) is 26.7. The Morgan fingerprint density at radius 3 is 2.40 bits per heavy atom. The molecule has 40 heavy (non-hydrogen) atoms. The summed E-state index contributed by atoms with van der Waals surface area (Å²) in [6.07, 6.45) is 1.66. The molecule has 0 radical (unpaired) electrons. The van der Waals surface area contributed by atoms with Gasteiger partial charge in [0.2, 0.25) is 0 Å². The topological polar surface area (TPSA) is 111 Å². The lowest BCUT2D eigenvalue weighted by molar-refractivity contribution is 0.0991. The zero-order valence-corrected chi connectivity index (χ0v) is 23.3. The van der Waals surface area contributed by atoms with Gasteiger partial charge < -0.3 is 23.8 Å². The number of aromatic hydroxyl groups is 1. The molecule has 0 saturated heterocycles. The number of nitrogens with zero attached hydrogens (tertiary/aromatic N) is 4. The second kappa shape index (κ2) is 10.3. The average Bonchev–Trinajstić information content (AvgIpc) is 3.29. The van der Waals surface area contributed by atoms with E-state index in [1.54, 1.807) is 69.1 Å². The second-order valence-corrected chi connectivity index (χ2v) is 9.87. The molecule has 5 aromatic rings. The largest absolute Gasteiger partial charge is 0.507 e. The van der Waals surface area contributed by atoms with E-state index in [2.05, 4.69) is 10.1 Å². The standard InChI is InChI=1S/C31H30N4O5/c1-17-11-23(12-18(2)29(17)36)34(5)30(37)25-14-21-13-24(28-19(3)33-40-20(28)4)27(39-6)15-26(21)35(31(25)38)16-22-9-7-8-10-32-22/h7-15,36H,16H2,1-6H3. The molecule has 5 rings (SSSR count). The van der Waals surface area contributed by atoms with E-state index in [0.29, 0.717) is 50.6 Å². The van der Waals surface area contributed by atoms with E-state index in [-0.39, 0.29) is 17.9 Å². The molecule has 3 heterocycles. The molecule has 9 heteroatoms. The predicted molar refractivity (Wildman–Crippen MR) is 153 cm³/mol. The fourth-order valence-electron chi connectivity index (χ4n) is 5.03. The quantitative estimate of drug-likeness (QED) is 0.311. The number of ether oxygens (including phenoxy) is 1. The number of amides is 1. The van der Waals surface area contributed by atoms with E-state index in [4.69, 9.17) is 9.26 Å². The highest BCUT2D eigenvalue weighted by Crippen LogP contribution is 2.38. The van der Waals surface area contributed by atoms with Crippen LogP contribution in [-0.2, 0) is 6.54 Å². The van der Waals surface area contributed by atoms with E-state index >= 15 is 0 Å². The van der Waals surface area contributed by atoms with E-state index in [1.807, 2.05) is 32.0 Å². The van der Waals surface area contributed by atoms with Gasteiger partial charge in [-0.05, 0) is 75.2 Å². The number of pyridine rings is 2. The number of carbonyl (C=O) groups is 1. The van der Waals surface area contributed by atoms with E-state index in [1.165, 1.54) is 4.90 Å². The molecule has 0 bridgehead atoms. The van der Waals surface area contributed by atoms with Crippen molar-refractivity contribution in [2.24, 2.45) is 0 Å². The van der Waals surface area contributed by atoms with Crippen LogP contribution in [0.4, 0.5) is 5.69 Å². The highest BCUT2D eigenvalue weighted by molar-refractivity contribution is 6.07. The minimum atomic E-state index is -0.471. The Morgan fingerprint density at radius 2 is 1.80 bits per heavy atom. The van der Waals surface area contributed by atoms with Gasteiger partial charge in [-0.3, -0.25) is 14.6 Å². The molecule has 0 atom stereocenters. The van der Waals surface area contributed by atoms with Gasteiger partial charge in [0.25, 0.3) is 11.5 Å². The summed E-state index contributed by atoms with van der Waals surface area (Å²) in [7, 11) is 3.18. The zero-order chi connectivity index (χ0) is 28.7. The Morgan fingerprint density at radius 1 is 1.07 bits per heavy atom. The van der Waals surface area contributed by atoms with Crippen molar-refractivity contribution in [3.8, 4) is 22.6 Å². The van der Waals surface area contributed by atoms with Crippen molar-refractivity contribution in [3.63, 3.8) is 0 Å². The van der Waals surface area contributed by atoms with Crippen LogP contribution in [-0.4, -0.2) is 39.9 Å². The summed E-state index contributed by atoms with van der Waals surface area (Å²) in [5.74, 6) is 0.878. The summed E-state index contributed by atoms with van der Waals surface area (Å²) in [6, 6.07) is 14.2. The van der Waals surface area contributed by atoms with Crippen molar-refractivity contribution in [3.05, 3.63) is 98.9 Å². The fraction of sp³-hybridized carbons (Fsp3) is 0.226. The predicted octanol–water partition coefficient (Wildman–Crippen LogP) is 5.32. The minimum absolute atomic E-state index is 0.00388. The summed E-state index contributed by atoms with van der Waals surface area (Å²) in [5, 5.41) is 15.0. The number of hydrogen-bond acceptors (Lipinski definition) is 7. The normalized spacial score (nSPS) is 11.2. The molecule has 0 fully saturated rings. The van der Waals surface area contributed by atoms with Crippen LogP contribution in [0.5, 0.6) is 11.5 Å². The first-order valence-electron chi connectivity index (χ1n) is 12.8. The summed E-state index contributed by atoms with van der Waals surface area (Å²) < 4.78 is 12.7. The van der Waals surface area contributed by atoms with Gasteiger partial charge in [0, 0.05) is 35.9 Å². The Hall–Kier alpha value is -4.92. The van der Waals surface area contributed by atoms with Crippen molar-refractivity contribution in [1.82, 2.24) is 14.7 Å². The molecule has 9 nitrogen and oxygen atoms in total. The zero-order valence-electron chi connectivity index (χ0n) is 23.3. The average molecular weight is 539 g/mol. The van der Waals surface area contributed by atoms with E-state index in [0.717, 1.165) is 11.1 Å². The number of anilines is 1. The van der Waals surface area contributed by atoms with Gasteiger partial charge >= 0.3 is 0 Å². The lowest BCUT2D eigenvalue weighted by Gasteiger charge is -2.21. The summed E-state index contributed by atoms with van der Waals surface area (Å²) in [4.78, 5) is 33.6. The van der Waals surface area contributed by atoms with Crippen molar-refractivity contribution >= 4 is 22.5 Å². The van der Waals surface area contributed by atoms with Crippen molar-refractivity contribution in [1.29, 1.82) is 0 Å². The molecule has 1 amide bonds. The smallest absolute Gasteiger partial charge is 0.264 e. The third-order valence-electron chi connectivity index (χ3n) is 7.16. The van der Waals surface area contributed by atoms with Crippen molar-refractivity contribution in [2.75, 3.05) is 19.1 Å². The van der Waals surface area contributed by atoms with Crippen molar-refractivity contribution < 1.29 is 19.2 Å². The SMILES string of the molecule is COc1cc2c(cc1-c1c(C)noc1C)cc(C(=O)N(C)c1cc(C)c(O)c(C)c1)c(=O)n2Cc1ccccn1. The molecule has 0 aliphatic rings. The van der Waals surface area contributed by atoms with Gasteiger partial charge in [-0.25, -0.2) is 0 Å². The number of phenolic OH excluding ortho intramolecular Hbond substituents is 1. The van der Waals surface area contributed by atoms with Crippen molar-refractivity contribution in [2.45, 2.75) is 34.2 Å². The molecule has 1 N–H and O–H groups in total. The number of rotatable bonds is 6. The van der Waals surface area contributed by atoms with Crippen LogP contribution in [0.3, 0.4) is 0 Å². The molecule has 204 valence electrons. The maximum Gasteiger partial charge on any atom is 0.264 e. The molecule has 0 spiro atoms. The Kier molecular flexibility index (Phi) is 6.89. The van der Waals surface area contributed by atoms with E-state index in [9.17, 15) is 14.7 Å².